The van der Waals surface area contributed by atoms with Crippen molar-refractivity contribution < 1.29 is 0 Å². The maximum absolute atomic E-state index is 4.54. The first kappa shape index (κ1) is 13.9. The molecule has 21 heavy (non-hydrogen) atoms. The van der Waals surface area contributed by atoms with E-state index in [0.29, 0.717) is 5.95 Å². The highest BCUT2D eigenvalue weighted by molar-refractivity contribution is 7.99. The summed E-state index contributed by atoms with van der Waals surface area (Å²) in [5, 5.41) is 6.64. The minimum atomic E-state index is 0.695. The maximum atomic E-state index is 4.54. The fourth-order valence-corrected chi connectivity index (χ4v) is 3.11. The molecule has 0 atom stereocenters. The van der Waals surface area contributed by atoms with Crippen molar-refractivity contribution in [1.29, 1.82) is 0 Å². The van der Waals surface area contributed by atoms with Crippen LogP contribution in [0.2, 0.25) is 0 Å². The van der Waals surface area contributed by atoms with Gasteiger partial charge in [-0.05, 0) is 42.8 Å². The Hall–Kier alpha value is -2.07. The van der Waals surface area contributed by atoms with Gasteiger partial charge in [0.25, 0.3) is 0 Å². The summed E-state index contributed by atoms with van der Waals surface area (Å²) in [5.41, 5.74) is 0.976. The Morgan fingerprint density at radius 1 is 1.00 bits per heavy atom. The number of aryl methyl sites for hydroxylation is 1. The Morgan fingerprint density at radius 3 is 2.62 bits per heavy atom. The molecule has 0 fully saturated rings. The fourth-order valence-electron chi connectivity index (χ4n) is 2.18. The second kappa shape index (κ2) is 6.14. The van der Waals surface area contributed by atoms with Gasteiger partial charge in [-0.1, -0.05) is 42.1 Å². The quantitative estimate of drug-likeness (QED) is 0.718. The topological polar surface area (TPSA) is 37.8 Å². The standard InChI is InChI=1S/C17H17N3S/c1-3-18-17-19-12(2)10-16(20-17)21-15-9-8-13-6-4-5-7-14(13)11-15/h4-11H,3H2,1-2H3,(H,18,19,20). The van der Waals surface area contributed by atoms with E-state index >= 15 is 0 Å². The number of rotatable bonds is 4. The van der Waals surface area contributed by atoms with E-state index in [2.05, 4.69) is 57.7 Å². The third kappa shape index (κ3) is 3.34. The van der Waals surface area contributed by atoms with Gasteiger partial charge >= 0.3 is 0 Å². The molecule has 2 aromatic carbocycles. The van der Waals surface area contributed by atoms with Crippen molar-refractivity contribution >= 4 is 28.5 Å². The van der Waals surface area contributed by atoms with Crippen LogP contribution in [0.3, 0.4) is 0 Å². The molecule has 0 saturated carbocycles. The van der Waals surface area contributed by atoms with Gasteiger partial charge in [0.15, 0.2) is 0 Å². The Kier molecular flexibility index (Phi) is 4.06. The van der Waals surface area contributed by atoms with Crippen molar-refractivity contribution in [2.24, 2.45) is 0 Å². The SMILES string of the molecule is CCNc1nc(C)cc(Sc2ccc3ccccc3c2)n1. The van der Waals surface area contributed by atoms with E-state index < -0.39 is 0 Å². The van der Waals surface area contributed by atoms with Crippen LogP contribution in [0, 0.1) is 6.92 Å². The van der Waals surface area contributed by atoms with E-state index in [1.807, 2.05) is 19.9 Å². The fraction of sp³-hybridized carbons (Fsp3) is 0.176. The van der Waals surface area contributed by atoms with Crippen LogP contribution >= 0.6 is 11.8 Å². The molecule has 0 radical (unpaired) electrons. The van der Waals surface area contributed by atoms with Gasteiger partial charge < -0.3 is 5.32 Å². The molecule has 1 N–H and O–H groups in total. The highest BCUT2D eigenvalue weighted by Crippen LogP contribution is 2.29. The van der Waals surface area contributed by atoms with Gasteiger partial charge in [-0.2, -0.15) is 0 Å². The number of fused-ring (bicyclic) bond motifs is 1. The largest absolute Gasteiger partial charge is 0.354 e. The summed E-state index contributed by atoms with van der Waals surface area (Å²) in [6, 6.07) is 16.9. The minimum absolute atomic E-state index is 0.695. The van der Waals surface area contributed by atoms with E-state index in [4.69, 9.17) is 0 Å². The molecule has 0 aliphatic heterocycles. The van der Waals surface area contributed by atoms with Crippen molar-refractivity contribution in [3.05, 3.63) is 54.2 Å². The number of benzene rings is 2. The first-order valence-corrected chi connectivity index (χ1v) is 7.82. The summed E-state index contributed by atoms with van der Waals surface area (Å²) in [6.45, 7) is 4.86. The number of nitrogens with zero attached hydrogens (tertiary/aromatic N) is 2. The monoisotopic (exact) mass is 295 g/mol. The van der Waals surface area contributed by atoms with Crippen molar-refractivity contribution in [2.75, 3.05) is 11.9 Å². The molecule has 1 aromatic heterocycles. The highest BCUT2D eigenvalue weighted by Gasteiger charge is 2.04. The third-order valence-corrected chi connectivity index (χ3v) is 4.02. The zero-order chi connectivity index (χ0) is 14.7. The van der Waals surface area contributed by atoms with Crippen molar-refractivity contribution in [2.45, 2.75) is 23.8 Å². The molecule has 0 bridgehead atoms. The van der Waals surface area contributed by atoms with Gasteiger partial charge in [-0.25, -0.2) is 9.97 Å². The summed E-state index contributed by atoms with van der Waals surface area (Å²) in [5.74, 6) is 0.695. The van der Waals surface area contributed by atoms with Gasteiger partial charge in [0.1, 0.15) is 5.03 Å². The van der Waals surface area contributed by atoms with Crippen LogP contribution in [0.1, 0.15) is 12.6 Å². The van der Waals surface area contributed by atoms with Crippen LogP contribution in [-0.4, -0.2) is 16.5 Å². The molecule has 0 aliphatic carbocycles. The number of anilines is 1. The number of hydrogen-bond acceptors (Lipinski definition) is 4. The van der Waals surface area contributed by atoms with Gasteiger partial charge in [0.05, 0.1) is 0 Å². The molecule has 3 nitrogen and oxygen atoms in total. The zero-order valence-corrected chi connectivity index (χ0v) is 12.9. The lowest BCUT2D eigenvalue weighted by Gasteiger charge is -2.07. The number of nitrogens with one attached hydrogen (secondary N) is 1. The summed E-state index contributed by atoms with van der Waals surface area (Å²) in [6.07, 6.45) is 0. The molecule has 0 aliphatic rings. The van der Waals surface area contributed by atoms with E-state index in [1.54, 1.807) is 11.8 Å². The minimum Gasteiger partial charge on any atom is -0.354 e. The van der Waals surface area contributed by atoms with Crippen LogP contribution in [0.5, 0.6) is 0 Å². The van der Waals surface area contributed by atoms with Crippen LogP contribution in [0.25, 0.3) is 10.8 Å². The zero-order valence-electron chi connectivity index (χ0n) is 12.1. The first-order valence-electron chi connectivity index (χ1n) is 7.01. The summed E-state index contributed by atoms with van der Waals surface area (Å²) in [7, 11) is 0. The van der Waals surface area contributed by atoms with Gasteiger partial charge in [-0.15, -0.1) is 0 Å². The summed E-state index contributed by atoms with van der Waals surface area (Å²) in [4.78, 5) is 10.1. The Balaban J connectivity index is 1.90. The second-order valence-corrected chi connectivity index (χ2v) is 5.91. The predicted octanol–water partition coefficient (Wildman–Crippen LogP) is 4.52. The molecule has 1 heterocycles. The average Bonchev–Trinajstić information content (AvgIpc) is 2.47. The molecule has 0 amide bonds. The second-order valence-electron chi connectivity index (χ2n) is 4.81. The van der Waals surface area contributed by atoms with E-state index in [0.717, 1.165) is 17.3 Å². The van der Waals surface area contributed by atoms with Gasteiger partial charge in [0, 0.05) is 17.1 Å². The molecular formula is C17H17N3S. The highest BCUT2D eigenvalue weighted by atomic mass is 32.2. The predicted molar refractivity (Wildman–Crippen MR) is 89.0 cm³/mol. The average molecular weight is 295 g/mol. The van der Waals surface area contributed by atoms with Crippen LogP contribution in [-0.2, 0) is 0 Å². The molecule has 0 spiro atoms. The molecule has 0 saturated heterocycles. The molecule has 3 rings (SSSR count). The first-order chi connectivity index (χ1) is 10.2. The van der Waals surface area contributed by atoms with E-state index in [1.165, 1.54) is 15.7 Å². The number of aromatic nitrogens is 2. The lowest BCUT2D eigenvalue weighted by Crippen LogP contribution is -2.03. The van der Waals surface area contributed by atoms with Crippen molar-refractivity contribution in [3.63, 3.8) is 0 Å². The van der Waals surface area contributed by atoms with E-state index in [9.17, 15) is 0 Å². The van der Waals surface area contributed by atoms with Crippen molar-refractivity contribution in [1.82, 2.24) is 9.97 Å². The van der Waals surface area contributed by atoms with Crippen LogP contribution in [0.4, 0.5) is 5.95 Å². The molecular weight excluding hydrogens is 278 g/mol. The van der Waals surface area contributed by atoms with Crippen molar-refractivity contribution in [3.8, 4) is 0 Å². The number of hydrogen-bond donors (Lipinski definition) is 1. The summed E-state index contributed by atoms with van der Waals surface area (Å²) >= 11 is 1.67. The van der Waals surface area contributed by atoms with Crippen LogP contribution < -0.4 is 5.32 Å². The Bertz CT molecular complexity index is 771. The Labute approximate surface area is 128 Å². The lowest BCUT2D eigenvalue weighted by molar-refractivity contribution is 0.985. The molecule has 3 aromatic rings. The maximum Gasteiger partial charge on any atom is 0.223 e. The Morgan fingerprint density at radius 2 is 1.81 bits per heavy atom. The van der Waals surface area contributed by atoms with E-state index in [-0.39, 0.29) is 0 Å². The normalized spacial score (nSPS) is 10.8. The third-order valence-electron chi connectivity index (χ3n) is 3.11. The van der Waals surface area contributed by atoms with Gasteiger partial charge in [0.2, 0.25) is 5.95 Å². The molecule has 4 heteroatoms. The lowest BCUT2D eigenvalue weighted by atomic mass is 10.1. The van der Waals surface area contributed by atoms with Gasteiger partial charge in [-0.3, -0.25) is 0 Å². The molecule has 0 unspecified atom stereocenters. The smallest absolute Gasteiger partial charge is 0.223 e. The molecule has 106 valence electrons. The summed E-state index contributed by atoms with van der Waals surface area (Å²) < 4.78 is 0. The van der Waals surface area contributed by atoms with Crippen LogP contribution in [0.15, 0.2) is 58.5 Å².